The zero-order chi connectivity index (χ0) is 22.6. The Hall–Kier alpha value is -4.21. The van der Waals surface area contributed by atoms with E-state index in [0.717, 1.165) is 6.08 Å². The van der Waals surface area contributed by atoms with Crippen molar-refractivity contribution in [1.82, 2.24) is 10.9 Å². The molecule has 3 amide bonds. The number of non-ortho nitro benzene ring substituents is 1. The minimum Gasteiger partial charge on any atom is -0.494 e. The van der Waals surface area contributed by atoms with Gasteiger partial charge in [-0.3, -0.25) is 35.3 Å². The number of carbonyl (C=O) groups is 3. The molecule has 0 saturated carbocycles. The standard InChI is InChI=1S/C21H22N4O6/c1-2-31-18-9-7-16(8-10-18)22-19(26)12-13-21(28)24-23-20(27)11-6-15-4-3-5-17(14-15)25(29)30/h3-11,14H,2,12-13H2,1H3,(H,22,26)(H,23,27)(H,24,28)/b11-6+. The molecule has 0 aliphatic rings. The molecule has 0 fully saturated rings. The number of nitrogens with one attached hydrogen (secondary N) is 3. The number of anilines is 1. The number of hydrogen-bond donors (Lipinski definition) is 3. The van der Waals surface area contributed by atoms with Gasteiger partial charge in [-0.05, 0) is 42.8 Å². The van der Waals surface area contributed by atoms with Crippen LogP contribution in [0.5, 0.6) is 5.75 Å². The van der Waals surface area contributed by atoms with Crippen LogP contribution in [0, 0.1) is 10.1 Å². The summed E-state index contributed by atoms with van der Waals surface area (Å²) in [4.78, 5) is 45.7. The van der Waals surface area contributed by atoms with E-state index in [1.807, 2.05) is 6.92 Å². The van der Waals surface area contributed by atoms with Gasteiger partial charge in [0.2, 0.25) is 11.8 Å². The predicted molar refractivity (Wildman–Crippen MR) is 114 cm³/mol. The predicted octanol–water partition coefficient (Wildman–Crippen LogP) is 2.57. The molecule has 0 heterocycles. The summed E-state index contributed by atoms with van der Waals surface area (Å²) in [5, 5.41) is 13.4. The Morgan fingerprint density at radius 2 is 1.74 bits per heavy atom. The number of hydrazine groups is 1. The van der Waals surface area contributed by atoms with Gasteiger partial charge in [0.05, 0.1) is 11.5 Å². The van der Waals surface area contributed by atoms with Gasteiger partial charge in [0.1, 0.15) is 5.75 Å². The summed E-state index contributed by atoms with van der Waals surface area (Å²) in [5.74, 6) is -0.830. The molecule has 2 rings (SSSR count). The Balaban J connectivity index is 1.71. The molecule has 162 valence electrons. The lowest BCUT2D eigenvalue weighted by atomic mass is 10.2. The summed E-state index contributed by atoms with van der Waals surface area (Å²) < 4.78 is 5.32. The number of nitrogens with zero attached hydrogens (tertiary/aromatic N) is 1. The average Bonchev–Trinajstić information content (AvgIpc) is 2.76. The highest BCUT2D eigenvalue weighted by molar-refractivity contribution is 5.95. The van der Waals surface area contributed by atoms with Gasteiger partial charge >= 0.3 is 0 Å². The summed E-state index contributed by atoms with van der Waals surface area (Å²) in [6.07, 6.45) is 2.30. The molecule has 2 aromatic carbocycles. The van der Waals surface area contributed by atoms with Gasteiger partial charge in [0.15, 0.2) is 0 Å². The molecular formula is C21H22N4O6. The third-order valence-electron chi connectivity index (χ3n) is 3.86. The van der Waals surface area contributed by atoms with Crippen molar-refractivity contribution < 1.29 is 24.0 Å². The Kier molecular flexibility index (Phi) is 8.72. The van der Waals surface area contributed by atoms with E-state index >= 15 is 0 Å². The van der Waals surface area contributed by atoms with Gasteiger partial charge in [-0.25, -0.2) is 0 Å². The van der Waals surface area contributed by atoms with Gasteiger partial charge < -0.3 is 10.1 Å². The van der Waals surface area contributed by atoms with E-state index in [1.165, 1.54) is 24.3 Å². The average molecular weight is 426 g/mol. The second-order valence-electron chi connectivity index (χ2n) is 6.23. The monoisotopic (exact) mass is 426 g/mol. The van der Waals surface area contributed by atoms with Gasteiger partial charge in [0, 0.05) is 36.7 Å². The zero-order valence-corrected chi connectivity index (χ0v) is 16.8. The van der Waals surface area contributed by atoms with Crippen LogP contribution in [0.25, 0.3) is 6.08 Å². The zero-order valence-electron chi connectivity index (χ0n) is 16.8. The van der Waals surface area contributed by atoms with Crippen molar-refractivity contribution in [3.8, 4) is 5.75 Å². The smallest absolute Gasteiger partial charge is 0.270 e. The van der Waals surface area contributed by atoms with Gasteiger partial charge in [0.25, 0.3) is 11.6 Å². The van der Waals surface area contributed by atoms with Gasteiger partial charge in [-0.15, -0.1) is 0 Å². The molecule has 2 aromatic rings. The van der Waals surface area contributed by atoms with Gasteiger partial charge in [-0.2, -0.15) is 0 Å². The summed E-state index contributed by atoms with van der Waals surface area (Å²) in [6, 6.07) is 12.6. The van der Waals surface area contributed by atoms with Crippen LogP contribution in [0.3, 0.4) is 0 Å². The van der Waals surface area contributed by atoms with E-state index in [-0.39, 0.29) is 24.4 Å². The van der Waals surface area contributed by atoms with Crippen molar-refractivity contribution in [2.24, 2.45) is 0 Å². The second kappa shape index (κ2) is 11.7. The maximum Gasteiger partial charge on any atom is 0.270 e. The largest absolute Gasteiger partial charge is 0.494 e. The summed E-state index contributed by atoms with van der Waals surface area (Å²) in [6.45, 7) is 2.42. The summed E-state index contributed by atoms with van der Waals surface area (Å²) in [5.41, 5.74) is 5.31. The van der Waals surface area contributed by atoms with Crippen LogP contribution in [0.4, 0.5) is 11.4 Å². The first kappa shape index (κ1) is 23.1. The van der Waals surface area contributed by atoms with Crippen LogP contribution in [-0.2, 0) is 14.4 Å². The number of nitro benzene ring substituents is 1. The number of benzene rings is 2. The van der Waals surface area contributed by atoms with Crippen molar-refractivity contribution in [3.63, 3.8) is 0 Å². The van der Waals surface area contributed by atoms with Crippen LogP contribution in [0.2, 0.25) is 0 Å². The third kappa shape index (κ3) is 8.36. The quantitative estimate of drug-likeness (QED) is 0.320. The highest BCUT2D eigenvalue weighted by Crippen LogP contribution is 2.16. The Bertz CT molecular complexity index is 972. The first-order valence-corrected chi connectivity index (χ1v) is 9.41. The number of hydrogen-bond acceptors (Lipinski definition) is 6. The number of amides is 3. The van der Waals surface area contributed by atoms with Crippen molar-refractivity contribution in [2.45, 2.75) is 19.8 Å². The number of nitro groups is 1. The highest BCUT2D eigenvalue weighted by atomic mass is 16.6. The maximum absolute atomic E-state index is 11.9. The Labute approximate surface area is 178 Å². The van der Waals surface area contributed by atoms with Crippen LogP contribution in [-0.4, -0.2) is 29.3 Å². The molecule has 0 saturated heterocycles. The third-order valence-corrected chi connectivity index (χ3v) is 3.86. The molecule has 31 heavy (non-hydrogen) atoms. The minimum atomic E-state index is -0.626. The van der Waals surface area contributed by atoms with E-state index in [9.17, 15) is 24.5 Å². The first-order chi connectivity index (χ1) is 14.9. The summed E-state index contributed by atoms with van der Waals surface area (Å²) >= 11 is 0. The fourth-order valence-electron chi connectivity index (χ4n) is 2.40. The normalized spacial score (nSPS) is 10.4. The number of ether oxygens (including phenoxy) is 1. The minimum absolute atomic E-state index is 0.0710. The van der Waals surface area contributed by atoms with Crippen LogP contribution >= 0.6 is 0 Å². The van der Waals surface area contributed by atoms with E-state index in [1.54, 1.807) is 30.3 Å². The van der Waals surface area contributed by atoms with Crippen LogP contribution in [0.15, 0.2) is 54.6 Å². The highest BCUT2D eigenvalue weighted by Gasteiger charge is 2.08. The molecular weight excluding hydrogens is 404 g/mol. The van der Waals surface area contributed by atoms with Gasteiger partial charge in [-0.1, -0.05) is 12.1 Å². The number of carbonyl (C=O) groups excluding carboxylic acids is 3. The van der Waals surface area contributed by atoms with Crippen molar-refractivity contribution in [3.05, 3.63) is 70.3 Å². The molecule has 0 aliphatic carbocycles. The lowest BCUT2D eigenvalue weighted by molar-refractivity contribution is -0.384. The first-order valence-electron chi connectivity index (χ1n) is 9.41. The molecule has 0 atom stereocenters. The molecule has 0 aliphatic heterocycles. The maximum atomic E-state index is 11.9. The Morgan fingerprint density at radius 1 is 1.03 bits per heavy atom. The molecule has 0 radical (unpaired) electrons. The fraction of sp³-hybridized carbons (Fsp3) is 0.190. The lowest BCUT2D eigenvalue weighted by Crippen LogP contribution is -2.41. The second-order valence-corrected chi connectivity index (χ2v) is 6.23. The molecule has 3 N–H and O–H groups in total. The lowest BCUT2D eigenvalue weighted by Gasteiger charge is -2.08. The fourth-order valence-corrected chi connectivity index (χ4v) is 2.40. The molecule has 10 nitrogen and oxygen atoms in total. The number of rotatable bonds is 9. The van der Waals surface area contributed by atoms with Crippen LogP contribution < -0.4 is 20.9 Å². The van der Waals surface area contributed by atoms with Crippen molar-refractivity contribution in [2.75, 3.05) is 11.9 Å². The van der Waals surface area contributed by atoms with Crippen molar-refractivity contribution in [1.29, 1.82) is 0 Å². The van der Waals surface area contributed by atoms with E-state index in [4.69, 9.17) is 4.74 Å². The van der Waals surface area contributed by atoms with E-state index in [0.29, 0.717) is 23.6 Å². The van der Waals surface area contributed by atoms with Crippen molar-refractivity contribution >= 4 is 35.2 Å². The molecule has 0 aromatic heterocycles. The molecule has 0 unspecified atom stereocenters. The SMILES string of the molecule is CCOc1ccc(NC(=O)CCC(=O)NNC(=O)/C=C/c2cccc([N+](=O)[O-])c2)cc1. The van der Waals surface area contributed by atoms with Crippen LogP contribution in [0.1, 0.15) is 25.3 Å². The molecule has 0 spiro atoms. The summed E-state index contributed by atoms with van der Waals surface area (Å²) in [7, 11) is 0. The Morgan fingerprint density at radius 3 is 2.42 bits per heavy atom. The topological polar surface area (TPSA) is 140 Å². The van der Waals surface area contributed by atoms with E-state index < -0.39 is 16.7 Å². The molecule has 0 bridgehead atoms. The molecule has 10 heteroatoms. The van der Waals surface area contributed by atoms with E-state index in [2.05, 4.69) is 16.2 Å².